The molecule has 4 N–H and O–H groups in total. The molecule has 2 saturated heterocycles. The van der Waals surface area contributed by atoms with E-state index in [0.717, 1.165) is 0 Å². The molecule has 0 aliphatic carbocycles. The topological polar surface area (TPSA) is 135 Å². The van der Waals surface area contributed by atoms with Crippen molar-refractivity contribution < 1.29 is 44.2 Å². The lowest BCUT2D eigenvalue weighted by atomic mass is 9.81. The van der Waals surface area contributed by atoms with Gasteiger partial charge in [0.05, 0.1) is 25.0 Å². The second-order valence-electron chi connectivity index (χ2n) is 6.26. The second-order valence-corrected chi connectivity index (χ2v) is 6.26. The molecule has 0 spiro atoms. The zero-order valence-corrected chi connectivity index (χ0v) is 13.4. The Labute approximate surface area is 144 Å². The molecule has 3 heterocycles. The summed E-state index contributed by atoms with van der Waals surface area (Å²) in [6.07, 6.45) is -4.44. The van der Waals surface area contributed by atoms with Crippen molar-refractivity contribution in [2.24, 2.45) is 11.8 Å². The third-order valence-corrected chi connectivity index (χ3v) is 4.79. The van der Waals surface area contributed by atoms with Gasteiger partial charge in [-0.15, -0.1) is 6.58 Å². The Hall–Kier alpha value is -1.49. The highest BCUT2D eigenvalue weighted by molar-refractivity contribution is 5.89. The van der Waals surface area contributed by atoms with Crippen LogP contribution in [0.3, 0.4) is 0 Å². The molecule has 0 bridgehead atoms. The Morgan fingerprint density at radius 2 is 2.00 bits per heavy atom. The molecule has 2 fully saturated rings. The predicted molar refractivity (Wildman–Crippen MR) is 80.6 cm³/mol. The smallest absolute Gasteiger partial charge is 0.337 e. The van der Waals surface area contributed by atoms with Crippen molar-refractivity contribution in [3.8, 4) is 0 Å². The number of carbonyl (C=O) groups excluding carboxylic acids is 1. The van der Waals surface area contributed by atoms with Gasteiger partial charge >= 0.3 is 5.97 Å². The van der Waals surface area contributed by atoms with Crippen molar-refractivity contribution in [2.45, 2.75) is 43.4 Å². The van der Waals surface area contributed by atoms with Gasteiger partial charge in [-0.1, -0.05) is 6.08 Å². The minimum absolute atomic E-state index is 0.206. The summed E-state index contributed by atoms with van der Waals surface area (Å²) in [4.78, 5) is 11.8. The van der Waals surface area contributed by atoms with Crippen LogP contribution < -0.4 is 0 Å². The molecule has 0 saturated carbocycles. The first-order valence-corrected chi connectivity index (χ1v) is 8.09. The third kappa shape index (κ3) is 3.31. The molecule has 3 aliphatic heterocycles. The maximum atomic E-state index is 11.8. The highest BCUT2D eigenvalue weighted by atomic mass is 16.8. The summed E-state index contributed by atoms with van der Waals surface area (Å²) in [6, 6.07) is 0. The normalized spacial score (nSPS) is 44.2. The summed E-state index contributed by atoms with van der Waals surface area (Å²) in [5.41, 5.74) is 0.393. The monoisotopic (exact) mass is 358 g/mol. The van der Waals surface area contributed by atoms with E-state index in [2.05, 4.69) is 6.58 Å². The van der Waals surface area contributed by atoms with Crippen molar-refractivity contribution in [3.63, 3.8) is 0 Å². The van der Waals surface area contributed by atoms with Crippen molar-refractivity contribution in [3.05, 3.63) is 24.5 Å². The number of aliphatic hydroxyl groups excluding tert-OH is 4. The van der Waals surface area contributed by atoms with Crippen molar-refractivity contribution in [2.75, 3.05) is 13.2 Å². The van der Waals surface area contributed by atoms with Gasteiger partial charge < -0.3 is 39.4 Å². The average molecular weight is 358 g/mol. The van der Waals surface area contributed by atoms with Crippen LogP contribution in [0.1, 0.15) is 6.42 Å². The van der Waals surface area contributed by atoms with Crippen molar-refractivity contribution in [1.82, 2.24) is 0 Å². The fraction of sp³-hybridized carbons (Fsp3) is 0.688. The summed E-state index contributed by atoms with van der Waals surface area (Å²) in [5, 5.41) is 38.9. The summed E-state index contributed by atoms with van der Waals surface area (Å²) in [6.45, 7) is 3.47. The van der Waals surface area contributed by atoms with E-state index < -0.39 is 55.5 Å². The first-order chi connectivity index (χ1) is 12.0. The Morgan fingerprint density at radius 3 is 2.68 bits per heavy atom. The fourth-order valence-corrected chi connectivity index (χ4v) is 3.34. The van der Waals surface area contributed by atoms with Gasteiger partial charge in [-0.05, 0) is 6.42 Å². The SMILES string of the molecule is C=C[C@H]1[C@H](OC2OC(CO)C(O)C(O)C2O)OC=C2C(=O)OCC[C@H]21. The lowest BCUT2D eigenvalue weighted by Crippen LogP contribution is -2.60. The van der Waals surface area contributed by atoms with Crippen LogP contribution in [0, 0.1) is 11.8 Å². The van der Waals surface area contributed by atoms with Crippen LogP contribution in [0.15, 0.2) is 24.5 Å². The molecule has 3 aliphatic rings. The van der Waals surface area contributed by atoms with Crippen molar-refractivity contribution in [1.29, 1.82) is 0 Å². The first-order valence-electron chi connectivity index (χ1n) is 8.09. The third-order valence-electron chi connectivity index (χ3n) is 4.79. The van der Waals surface area contributed by atoms with E-state index in [9.17, 15) is 25.2 Å². The molecule has 0 radical (unpaired) electrons. The largest absolute Gasteiger partial charge is 0.471 e. The van der Waals surface area contributed by atoms with E-state index >= 15 is 0 Å². The highest BCUT2D eigenvalue weighted by Crippen LogP contribution is 2.38. The molecule has 3 rings (SSSR count). The molecule has 25 heavy (non-hydrogen) atoms. The van der Waals surface area contributed by atoms with Crippen LogP contribution in [0.25, 0.3) is 0 Å². The van der Waals surface area contributed by atoms with Crippen LogP contribution in [0.4, 0.5) is 0 Å². The van der Waals surface area contributed by atoms with Gasteiger partial charge in [-0.25, -0.2) is 4.79 Å². The van der Waals surface area contributed by atoms with Crippen LogP contribution in [0.2, 0.25) is 0 Å². The molecule has 0 aromatic rings. The van der Waals surface area contributed by atoms with E-state index in [1.165, 1.54) is 6.26 Å². The van der Waals surface area contributed by atoms with Crippen LogP contribution in [-0.2, 0) is 23.7 Å². The summed E-state index contributed by atoms with van der Waals surface area (Å²) >= 11 is 0. The number of hydrogen-bond donors (Lipinski definition) is 4. The van der Waals surface area contributed by atoms with Crippen LogP contribution in [-0.4, -0.2) is 76.6 Å². The Kier molecular flexibility index (Phi) is 5.42. The van der Waals surface area contributed by atoms with Gasteiger partial charge in [0, 0.05) is 11.8 Å². The minimum Gasteiger partial charge on any atom is -0.471 e. The summed E-state index contributed by atoms with van der Waals surface area (Å²) < 4.78 is 21.4. The number of aliphatic hydroxyl groups is 4. The number of hydrogen-bond acceptors (Lipinski definition) is 9. The molecule has 0 amide bonds. The molecule has 0 aromatic carbocycles. The zero-order valence-electron chi connectivity index (χ0n) is 13.4. The van der Waals surface area contributed by atoms with Gasteiger partial charge in [-0.2, -0.15) is 0 Å². The molecule has 5 unspecified atom stereocenters. The Bertz CT molecular complexity index is 546. The Morgan fingerprint density at radius 1 is 1.24 bits per heavy atom. The lowest BCUT2D eigenvalue weighted by Gasteiger charge is -2.43. The number of cyclic esters (lactones) is 1. The van der Waals surface area contributed by atoms with E-state index in [1.807, 2.05) is 0 Å². The van der Waals surface area contributed by atoms with Gasteiger partial charge in [0.15, 0.2) is 6.29 Å². The number of rotatable bonds is 4. The summed E-state index contributed by atoms with van der Waals surface area (Å²) in [5.74, 6) is -1.06. The van der Waals surface area contributed by atoms with E-state index in [1.54, 1.807) is 6.08 Å². The molecular formula is C16H22O9. The maximum absolute atomic E-state index is 11.8. The van der Waals surface area contributed by atoms with Gasteiger partial charge in [0.25, 0.3) is 0 Å². The quantitative estimate of drug-likeness (QED) is 0.346. The molecule has 0 aromatic heterocycles. The van der Waals surface area contributed by atoms with Gasteiger partial charge in [0.1, 0.15) is 24.4 Å². The fourth-order valence-electron chi connectivity index (χ4n) is 3.34. The number of fused-ring (bicyclic) bond motifs is 1. The van der Waals surface area contributed by atoms with Crippen LogP contribution >= 0.6 is 0 Å². The number of carbonyl (C=O) groups is 1. The molecule has 140 valence electrons. The van der Waals surface area contributed by atoms with Crippen molar-refractivity contribution >= 4 is 5.97 Å². The predicted octanol–water partition coefficient (Wildman–Crippen LogP) is -1.59. The lowest BCUT2D eigenvalue weighted by molar-refractivity contribution is -0.339. The Balaban J connectivity index is 1.75. The maximum Gasteiger partial charge on any atom is 0.337 e. The molecule has 8 atom stereocenters. The zero-order chi connectivity index (χ0) is 18.1. The highest BCUT2D eigenvalue weighted by Gasteiger charge is 2.48. The molecular weight excluding hydrogens is 336 g/mol. The number of ether oxygens (including phenoxy) is 4. The molecule has 9 nitrogen and oxygen atoms in total. The minimum atomic E-state index is -1.54. The van der Waals surface area contributed by atoms with E-state index in [-0.39, 0.29) is 12.5 Å². The van der Waals surface area contributed by atoms with Gasteiger partial charge in [-0.3, -0.25) is 0 Å². The first kappa shape index (κ1) is 18.3. The summed E-state index contributed by atoms with van der Waals surface area (Å²) in [7, 11) is 0. The number of esters is 1. The second kappa shape index (κ2) is 7.40. The standard InChI is InChI=1S/C16H22O9/c1-2-7-8-3-4-22-14(21)9(8)6-23-15(7)25-16-13(20)12(19)11(18)10(5-17)24-16/h2,6-8,10-13,15-20H,1,3-5H2/t7-,8+,10?,11?,12?,13?,15+,16?/m1/s1. The van der Waals surface area contributed by atoms with E-state index in [0.29, 0.717) is 12.0 Å². The van der Waals surface area contributed by atoms with E-state index in [4.69, 9.17) is 18.9 Å². The van der Waals surface area contributed by atoms with Gasteiger partial charge in [0.2, 0.25) is 6.29 Å². The molecule has 9 heteroatoms. The average Bonchev–Trinajstić information content (AvgIpc) is 2.62. The van der Waals surface area contributed by atoms with Crippen LogP contribution in [0.5, 0.6) is 0 Å².